The second-order valence-electron chi connectivity index (χ2n) is 2.51. The Labute approximate surface area is 91.6 Å². The van der Waals surface area contributed by atoms with Gasteiger partial charge in [-0.1, -0.05) is 11.6 Å². The molecular weight excluding hydrogens is 249 g/mol. The van der Waals surface area contributed by atoms with Crippen LogP contribution in [-0.2, 0) is 0 Å². The molecule has 1 N–H and O–H groups in total. The van der Waals surface area contributed by atoms with Gasteiger partial charge in [-0.2, -0.15) is 0 Å². The van der Waals surface area contributed by atoms with Gasteiger partial charge in [-0.3, -0.25) is 0 Å². The van der Waals surface area contributed by atoms with Crippen molar-refractivity contribution in [1.29, 1.82) is 0 Å². The lowest BCUT2D eigenvalue weighted by Gasteiger charge is -2.04. The Kier molecular flexibility index (Phi) is 4.14. The third-order valence-corrected chi connectivity index (χ3v) is 2.73. The van der Waals surface area contributed by atoms with E-state index in [2.05, 4.69) is 27.2 Å². The molecule has 0 saturated heterocycles. The summed E-state index contributed by atoms with van der Waals surface area (Å²) in [5.41, 5.74) is 1.02. The predicted octanol–water partition coefficient (Wildman–Crippen LogP) is 3.54. The predicted molar refractivity (Wildman–Crippen MR) is 61.1 cm³/mol. The van der Waals surface area contributed by atoms with Gasteiger partial charge < -0.3 is 5.32 Å². The highest BCUT2D eigenvalue weighted by Gasteiger charge is 1.97. The lowest BCUT2D eigenvalue weighted by atomic mass is 10.3. The van der Waals surface area contributed by atoms with Gasteiger partial charge >= 0.3 is 0 Å². The summed E-state index contributed by atoms with van der Waals surface area (Å²) in [4.78, 5) is 0. The lowest BCUT2D eigenvalue weighted by molar-refractivity contribution is 1.10. The topological polar surface area (TPSA) is 12.0 Å². The van der Waals surface area contributed by atoms with Gasteiger partial charge in [0.1, 0.15) is 0 Å². The Morgan fingerprint density at radius 1 is 1.54 bits per heavy atom. The molecule has 0 spiro atoms. The quantitative estimate of drug-likeness (QED) is 0.646. The first-order valence-electron chi connectivity index (χ1n) is 3.86. The number of rotatable bonds is 3. The third-order valence-electron chi connectivity index (χ3n) is 1.52. The first kappa shape index (κ1) is 10.4. The summed E-state index contributed by atoms with van der Waals surface area (Å²) >= 11 is 9.18. The molecule has 0 aliphatic carbocycles. The molecule has 0 aliphatic heterocycles. The maximum Gasteiger partial charge on any atom is 0.0549 e. The Balaban J connectivity index is 2.59. The molecule has 0 saturated carbocycles. The van der Waals surface area contributed by atoms with Crippen molar-refractivity contribution in [2.75, 3.05) is 11.9 Å². The van der Waals surface area contributed by atoms with Crippen molar-refractivity contribution in [2.45, 2.75) is 6.42 Å². The summed E-state index contributed by atoms with van der Waals surface area (Å²) < 4.78 is 0.889. The Hall–Kier alpha value is -0.650. The van der Waals surface area contributed by atoms with Gasteiger partial charge in [0.15, 0.2) is 0 Å². The van der Waals surface area contributed by atoms with E-state index in [0.29, 0.717) is 5.02 Å². The molecule has 0 heterocycles. The van der Waals surface area contributed by atoms with E-state index < -0.39 is 0 Å². The Morgan fingerprint density at radius 2 is 2.31 bits per heavy atom. The fraction of sp³-hybridized carbons (Fsp3) is 0.200. The molecular formula is C10H9BrClN. The van der Waals surface area contributed by atoms with Crippen LogP contribution in [-0.4, -0.2) is 6.54 Å². The molecule has 1 rings (SSSR count). The van der Waals surface area contributed by atoms with Crippen molar-refractivity contribution >= 4 is 33.2 Å². The molecule has 1 nitrogen and oxygen atoms in total. The first-order chi connectivity index (χ1) is 6.24. The number of anilines is 1. The van der Waals surface area contributed by atoms with Crippen LogP contribution in [0.15, 0.2) is 22.7 Å². The zero-order valence-electron chi connectivity index (χ0n) is 6.98. The molecule has 0 radical (unpaired) electrons. The van der Waals surface area contributed by atoms with Crippen molar-refractivity contribution in [2.24, 2.45) is 0 Å². The van der Waals surface area contributed by atoms with E-state index in [1.165, 1.54) is 0 Å². The smallest absolute Gasteiger partial charge is 0.0549 e. The molecule has 0 aliphatic rings. The Bertz CT molecular complexity index is 330. The van der Waals surface area contributed by atoms with E-state index in [-0.39, 0.29) is 0 Å². The minimum Gasteiger partial charge on any atom is -0.384 e. The average Bonchev–Trinajstić information content (AvgIpc) is 2.12. The standard InChI is InChI=1S/C10H9BrClN/c1-2-3-6-13-8-4-5-10(12)9(11)7-8/h1,4-5,7,13H,3,6H2. The van der Waals surface area contributed by atoms with Crippen LogP contribution in [0.2, 0.25) is 5.02 Å². The SMILES string of the molecule is C#CCCNc1ccc(Cl)c(Br)c1. The fourth-order valence-corrected chi connectivity index (χ4v) is 1.38. The number of nitrogens with one attached hydrogen (secondary N) is 1. The van der Waals surface area contributed by atoms with E-state index in [0.717, 1.165) is 23.1 Å². The van der Waals surface area contributed by atoms with Crippen molar-refractivity contribution in [3.8, 4) is 12.3 Å². The average molecular weight is 259 g/mol. The molecule has 0 aromatic heterocycles. The molecule has 1 aromatic carbocycles. The van der Waals surface area contributed by atoms with E-state index in [4.69, 9.17) is 18.0 Å². The second-order valence-corrected chi connectivity index (χ2v) is 3.77. The van der Waals surface area contributed by atoms with Crippen molar-refractivity contribution in [1.82, 2.24) is 0 Å². The van der Waals surface area contributed by atoms with E-state index >= 15 is 0 Å². The molecule has 0 fully saturated rings. The summed E-state index contributed by atoms with van der Waals surface area (Å²) in [6.45, 7) is 0.782. The monoisotopic (exact) mass is 257 g/mol. The van der Waals surface area contributed by atoms with E-state index in [1.807, 2.05) is 18.2 Å². The Morgan fingerprint density at radius 3 is 2.92 bits per heavy atom. The van der Waals surface area contributed by atoms with Crippen molar-refractivity contribution < 1.29 is 0 Å². The van der Waals surface area contributed by atoms with Gasteiger partial charge in [0.25, 0.3) is 0 Å². The van der Waals surface area contributed by atoms with Gasteiger partial charge in [0, 0.05) is 23.1 Å². The highest BCUT2D eigenvalue weighted by Crippen LogP contribution is 2.25. The van der Waals surface area contributed by atoms with E-state index in [9.17, 15) is 0 Å². The summed E-state index contributed by atoms with van der Waals surface area (Å²) in [6, 6.07) is 5.69. The molecule has 0 atom stereocenters. The van der Waals surface area contributed by atoms with Crippen LogP contribution in [0.1, 0.15) is 6.42 Å². The maximum absolute atomic E-state index is 5.83. The molecule has 0 unspecified atom stereocenters. The molecule has 0 bridgehead atoms. The minimum absolute atomic E-state index is 0.711. The number of hydrogen-bond acceptors (Lipinski definition) is 1. The maximum atomic E-state index is 5.83. The molecule has 13 heavy (non-hydrogen) atoms. The van der Waals surface area contributed by atoms with Crippen molar-refractivity contribution in [3.05, 3.63) is 27.7 Å². The lowest BCUT2D eigenvalue weighted by Crippen LogP contribution is -1.99. The third kappa shape index (κ3) is 3.30. The van der Waals surface area contributed by atoms with Crippen LogP contribution >= 0.6 is 27.5 Å². The zero-order valence-corrected chi connectivity index (χ0v) is 9.32. The number of benzene rings is 1. The molecule has 0 amide bonds. The van der Waals surface area contributed by atoms with Crippen LogP contribution in [0, 0.1) is 12.3 Å². The highest BCUT2D eigenvalue weighted by atomic mass is 79.9. The summed E-state index contributed by atoms with van der Waals surface area (Å²) in [5.74, 6) is 2.56. The van der Waals surface area contributed by atoms with Gasteiger partial charge in [0.05, 0.1) is 5.02 Å². The molecule has 3 heteroatoms. The second kappa shape index (κ2) is 5.16. The summed E-state index contributed by atoms with van der Waals surface area (Å²) in [7, 11) is 0. The van der Waals surface area contributed by atoms with Crippen LogP contribution in [0.5, 0.6) is 0 Å². The van der Waals surface area contributed by atoms with Crippen LogP contribution < -0.4 is 5.32 Å². The normalized spacial score (nSPS) is 9.31. The van der Waals surface area contributed by atoms with Crippen molar-refractivity contribution in [3.63, 3.8) is 0 Å². The van der Waals surface area contributed by atoms with Crippen LogP contribution in [0.3, 0.4) is 0 Å². The largest absolute Gasteiger partial charge is 0.384 e. The van der Waals surface area contributed by atoms with Gasteiger partial charge in [0.2, 0.25) is 0 Å². The summed E-state index contributed by atoms with van der Waals surface area (Å²) in [6.07, 6.45) is 5.85. The van der Waals surface area contributed by atoms with Gasteiger partial charge in [-0.05, 0) is 34.1 Å². The first-order valence-corrected chi connectivity index (χ1v) is 5.03. The highest BCUT2D eigenvalue weighted by molar-refractivity contribution is 9.10. The van der Waals surface area contributed by atoms with Crippen LogP contribution in [0.4, 0.5) is 5.69 Å². The minimum atomic E-state index is 0.711. The number of hydrogen-bond donors (Lipinski definition) is 1. The van der Waals surface area contributed by atoms with Gasteiger partial charge in [-0.25, -0.2) is 0 Å². The number of terminal acetylenes is 1. The molecule has 1 aromatic rings. The fourth-order valence-electron chi connectivity index (χ4n) is 0.885. The van der Waals surface area contributed by atoms with Gasteiger partial charge in [-0.15, -0.1) is 12.3 Å². The summed E-state index contributed by atoms with van der Waals surface area (Å²) in [5, 5.41) is 3.89. The number of halogens is 2. The zero-order chi connectivity index (χ0) is 9.68. The van der Waals surface area contributed by atoms with Crippen LogP contribution in [0.25, 0.3) is 0 Å². The van der Waals surface area contributed by atoms with E-state index in [1.54, 1.807) is 0 Å². The molecule has 68 valence electrons.